The lowest BCUT2D eigenvalue weighted by Gasteiger charge is -2.11. The molecule has 108 valence electrons. The number of primary amides is 1. The maximum absolute atomic E-state index is 13.1. The summed E-state index contributed by atoms with van der Waals surface area (Å²) in [7, 11) is 1.58. The fourth-order valence-corrected chi connectivity index (χ4v) is 2.09. The van der Waals surface area contributed by atoms with Crippen LogP contribution in [0.2, 0.25) is 0 Å². The molecule has 2 N–H and O–H groups in total. The van der Waals surface area contributed by atoms with Gasteiger partial charge in [-0.15, -0.1) is 0 Å². The molecule has 0 saturated heterocycles. The van der Waals surface area contributed by atoms with Crippen molar-refractivity contribution in [3.05, 3.63) is 71.0 Å². The summed E-state index contributed by atoms with van der Waals surface area (Å²) in [5.41, 5.74) is 8.38. The van der Waals surface area contributed by atoms with E-state index in [9.17, 15) is 9.18 Å². The van der Waals surface area contributed by atoms with E-state index in [0.717, 1.165) is 11.1 Å². The summed E-state index contributed by atoms with van der Waals surface area (Å²) in [5.74, 6) is -0.183. The highest BCUT2D eigenvalue weighted by Crippen LogP contribution is 2.28. The minimum absolute atomic E-state index is 0.335. The monoisotopic (exact) mass is 285 g/mol. The molecule has 0 radical (unpaired) electrons. The van der Waals surface area contributed by atoms with Gasteiger partial charge in [-0.05, 0) is 47.4 Å². The molecule has 2 rings (SSSR count). The first kappa shape index (κ1) is 14.8. The molecule has 0 atom stereocenters. The minimum atomic E-state index is -0.561. The Morgan fingerprint density at radius 3 is 2.33 bits per heavy atom. The fourth-order valence-electron chi connectivity index (χ4n) is 2.09. The van der Waals surface area contributed by atoms with Crippen LogP contribution in [-0.2, 0) is 4.79 Å². The van der Waals surface area contributed by atoms with Crippen LogP contribution in [0.25, 0.3) is 5.57 Å². The summed E-state index contributed by atoms with van der Waals surface area (Å²) in [6.07, 6.45) is 1.33. The van der Waals surface area contributed by atoms with Gasteiger partial charge in [-0.1, -0.05) is 24.3 Å². The number of ether oxygens (including phenoxy) is 1. The van der Waals surface area contributed by atoms with Crippen molar-refractivity contribution in [2.45, 2.75) is 6.92 Å². The first-order chi connectivity index (χ1) is 10.0. The van der Waals surface area contributed by atoms with Gasteiger partial charge in [0.25, 0.3) is 0 Å². The van der Waals surface area contributed by atoms with Crippen LogP contribution in [0.15, 0.2) is 48.5 Å². The number of carbonyl (C=O) groups is 1. The highest BCUT2D eigenvalue weighted by atomic mass is 19.1. The Morgan fingerprint density at radius 1 is 1.14 bits per heavy atom. The zero-order valence-electron chi connectivity index (χ0n) is 11.9. The average molecular weight is 285 g/mol. The summed E-state index contributed by atoms with van der Waals surface area (Å²) in [5, 5.41) is 0. The number of halogens is 1. The molecule has 0 aliphatic carbocycles. The van der Waals surface area contributed by atoms with Crippen molar-refractivity contribution in [1.82, 2.24) is 0 Å². The molecule has 2 aromatic rings. The summed E-state index contributed by atoms with van der Waals surface area (Å²) in [4.78, 5) is 11.3. The van der Waals surface area contributed by atoms with E-state index in [-0.39, 0.29) is 5.82 Å². The number of hydrogen-bond acceptors (Lipinski definition) is 2. The molecule has 4 heteroatoms. The van der Waals surface area contributed by atoms with Gasteiger partial charge < -0.3 is 10.5 Å². The van der Waals surface area contributed by atoms with Crippen LogP contribution in [0, 0.1) is 12.7 Å². The second-order valence-electron chi connectivity index (χ2n) is 4.65. The van der Waals surface area contributed by atoms with E-state index in [2.05, 4.69) is 0 Å². The average Bonchev–Trinajstić information content (AvgIpc) is 2.46. The largest absolute Gasteiger partial charge is 0.496 e. The van der Waals surface area contributed by atoms with Crippen molar-refractivity contribution >= 4 is 11.5 Å². The van der Waals surface area contributed by atoms with Crippen LogP contribution in [-0.4, -0.2) is 13.0 Å². The third-order valence-corrected chi connectivity index (χ3v) is 3.16. The molecule has 0 aromatic heterocycles. The molecule has 0 fully saturated rings. The highest BCUT2D eigenvalue weighted by molar-refractivity contribution is 5.98. The van der Waals surface area contributed by atoms with Gasteiger partial charge in [-0.3, -0.25) is 4.79 Å². The molecule has 0 spiro atoms. The number of methoxy groups -OCH3 is 1. The van der Waals surface area contributed by atoms with Crippen LogP contribution >= 0.6 is 0 Å². The predicted octanol–water partition coefficient (Wildman–Crippen LogP) is 3.06. The normalized spacial score (nSPS) is 11.3. The van der Waals surface area contributed by atoms with Crippen LogP contribution in [0.5, 0.6) is 5.75 Å². The number of nitrogens with two attached hydrogens (primary N) is 1. The maximum Gasteiger partial charge on any atom is 0.242 e. The van der Waals surface area contributed by atoms with E-state index >= 15 is 0 Å². The first-order valence-electron chi connectivity index (χ1n) is 6.43. The van der Waals surface area contributed by atoms with Gasteiger partial charge >= 0.3 is 0 Å². The molecular formula is C17H16FNO2. The summed E-state index contributed by atoms with van der Waals surface area (Å²) in [6, 6.07) is 11.5. The predicted molar refractivity (Wildman–Crippen MR) is 80.4 cm³/mol. The molecule has 0 aliphatic rings. The smallest absolute Gasteiger partial charge is 0.242 e. The third-order valence-electron chi connectivity index (χ3n) is 3.16. The van der Waals surface area contributed by atoms with Crippen molar-refractivity contribution in [2.24, 2.45) is 5.73 Å². The maximum atomic E-state index is 13.1. The highest BCUT2D eigenvalue weighted by Gasteiger charge is 2.09. The van der Waals surface area contributed by atoms with Crippen LogP contribution in [0.3, 0.4) is 0 Å². The van der Waals surface area contributed by atoms with E-state index in [4.69, 9.17) is 10.5 Å². The van der Waals surface area contributed by atoms with Gasteiger partial charge in [-0.2, -0.15) is 0 Å². The van der Waals surface area contributed by atoms with Gasteiger partial charge in [0.2, 0.25) is 5.91 Å². The number of hydrogen-bond donors (Lipinski definition) is 1. The summed E-state index contributed by atoms with van der Waals surface area (Å²) >= 11 is 0. The summed E-state index contributed by atoms with van der Waals surface area (Å²) in [6.45, 7) is 1.93. The van der Waals surface area contributed by atoms with Crippen molar-refractivity contribution in [1.29, 1.82) is 0 Å². The molecule has 0 unspecified atom stereocenters. The molecular weight excluding hydrogens is 269 g/mol. The Kier molecular flexibility index (Phi) is 4.38. The van der Waals surface area contributed by atoms with Crippen LogP contribution in [0.4, 0.5) is 4.39 Å². The second-order valence-corrected chi connectivity index (χ2v) is 4.65. The molecule has 3 nitrogen and oxygen atoms in total. The third kappa shape index (κ3) is 3.48. The second kappa shape index (κ2) is 6.22. The fraction of sp³-hybridized carbons (Fsp3) is 0.118. The molecule has 0 heterocycles. The minimum Gasteiger partial charge on any atom is -0.496 e. The van der Waals surface area contributed by atoms with Gasteiger partial charge in [0.1, 0.15) is 11.6 Å². The van der Waals surface area contributed by atoms with Crippen LogP contribution < -0.4 is 10.5 Å². The zero-order chi connectivity index (χ0) is 15.4. The zero-order valence-corrected chi connectivity index (χ0v) is 11.9. The quantitative estimate of drug-likeness (QED) is 0.878. The van der Waals surface area contributed by atoms with E-state index < -0.39 is 5.91 Å². The van der Waals surface area contributed by atoms with Crippen molar-refractivity contribution < 1.29 is 13.9 Å². The molecule has 0 aliphatic heterocycles. The van der Waals surface area contributed by atoms with Gasteiger partial charge in [0.15, 0.2) is 0 Å². The Bertz CT molecular complexity index is 690. The number of rotatable bonds is 4. The Labute approximate surface area is 122 Å². The topological polar surface area (TPSA) is 52.3 Å². The molecule has 2 aromatic carbocycles. The van der Waals surface area contributed by atoms with Crippen LogP contribution in [0.1, 0.15) is 16.7 Å². The van der Waals surface area contributed by atoms with E-state index in [0.29, 0.717) is 16.9 Å². The lowest BCUT2D eigenvalue weighted by Crippen LogP contribution is -2.07. The number of amides is 1. The lowest BCUT2D eigenvalue weighted by molar-refractivity contribution is -0.113. The van der Waals surface area contributed by atoms with Crippen molar-refractivity contribution in [3.63, 3.8) is 0 Å². The van der Waals surface area contributed by atoms with Gasteiger partial charge in [0.05, 0.1) is 7.11 Å². The van der Waals surface area contributed by atoms with E-state index in [1.807, 2.05) is 25.1 Å². The van der Waals surface area contributed by atoms with E-state index in [1.54, 1.807) is 19.2 Å². The van der Waals surface area contributed by atoms with Crippen molar-refractivity contribution in [3.8, 4) is 5.75 Å². The molecule has 0 saturated carbocycles. The Balaban J connectivity index is 2.56. The lowest BCUT2D eigenvalue weighted by atomic mass is 9.96. The molecule has 21 heavy (non-hydrogen) atoms. The standard InChI is InChI=1S/C17H16FNO2/c1-11-3-4-13(9-16(11)21-2)15(10-17(19)20)12-5-7-14(18)8-6-12/h3-10H,1-2H3,(H2,19,20)/b15-10-. The molecule has 0 bridgehead atoms. The SMILES string of the molecule is COc1cc(/C(=C\C(N)=O)c2ccc(F)cc2)ccc1C. The van der Waals surface area contributed by atoms with Gasteiger partial charge in [-0.25, -0.2) is 4.39 Å². The first-order valence-corrected chi connectivity index (χ1v) is 6.43. The number of carbonyl (C=O) groups excluding carboxylic acids is 1. The number of benzene rings is 2. The van der Waals surface area contributed by atoms with E-state index in [1.165, 1.54) is 18.2 Å². The Hall–Kier alpha value is -2.62. The number of aryl methyl sites for hydroxylation is 1. The van der Waals surface area contributed by atoms with Crippen molar-refractivity contribution in [2.75, 3.05) is 7.11 Å². The molecule has 1 amide bonds. The summed E-state index contributed by atoms with van der Waals surface area (Å²) < 4.78 is 18.3. The van der Waals surface area contributed by atoms with Gasteiger partial charge in [0, 0.05) is 6.08 Å². The Morgan fingerprint density at radius 2 is 1.76 bits per heavy atom.